The number of aromatic nitrogens is 2. The van der Waals surface area contributed by atoms with Crippen molar-refractivity contribution >= 4 is 22.0 Å². The molecule has 2 aromatic heterocycles. The summed E-state index contributed by atoms with van der Waals surface area (Å²) < 4.78 is 8.36. The fraction of sp³-hybridized carbons (Fsp3) is 0.182. The Labute approximate surface area is 212 Å². The van der Waals surface area contributed by atoms with Crippen LogP contribution in [0.2, 0.25) is 0 Å². The van der Waals surface area contributed by atoms with Gasteiger partial charge in [0, 0.05) is 11.1 Å². The number of aryl methyl sites for hydroxylation is 2. The molecule has 0 spiro atoms. The van der Waals surface area contributed by atoms with E-state index in [0.29, 0.717) is 5.92 Å². The van der Waals surface area contributed by atoms with Gasteiger partial charge in [-0.05, 0) is 84.3 Å². The lowest BCUT2D eigenvalue weighted by Crippen LogP contribution is -2.00. The normalized spacial score (nSPS) is 11.7. The SMILES string of the molecule is Cc1cc(-n2c(-c3coc4cc(CC(C)C)ccc34)nc3ccccc32)cc(C)c1-c1ccccc1. The number of para-hydroxylation sites is 2. The van der Waals surface area contributed by atoms with E-state index in [0.717, 1.165) is 45.5 Å². The van der Waals surface area contributed by atoms with Crippen LogP contribution < -0.4 is 0 Å². The van der Waals surface area contributed by atoms with Gasteiger partial charge >= 0.3 is 0 Å². The minimum atomic E-state index is 0.603. The van der Waals surface area contributed by atoms with E-state index in [1.807, 2.05) is 12.3 Å². The van der Waals surface area contributed by atoms with Crippen molar-refractivity contribution < 1.29 is 4.42 Å². The van der Waals surface area contributed by atoms with Crippen LogP contribution in [-0.2, 0) is 6.42 Å². The van der Waals surface area contributed by atoms with Crippen molar-refractivity contribution in [1.82, 2.24) is 9.55 Å². The topological polar surface area (TPSA) is 31.0 Å². The second kappa shape index (κ2) is 8.83. The molecule has 4 aromatic carbocycles. The molecule has 0 atom stereocenters. The maximum Gasteiger partial charge on any atom is 0.149 e. The van der Waals surface area contributed by atoms with Crippen LogP contribution in [0.25, 0.3) is 50.2 Å². The summed E-state index contributed by atoms with van der Waals surface area (Å²) in [6, 6.07) is 30.1. The zero-order valence-electron chi connectivity index (χ0n) is 21.2. The number of benzene rings is 4. The third-order valence-corrected chi connectivity index (χ3v) is 6.92. The summed E-state index contributed by atoms with van der Waals surface area (Å²) in [4.78, 5) is 5.10. The second-order valence-corrected chi connectivity index (χ2v) is 10.2. The molecule has 0 N–H and O–H groups in total. The molecule has 0 radical (unpaired) electrons. The van der Waals surface area contributed by atoms with Crippen LogP contribution in [0, 0.1) is 19.8 Å². The molecule has 2 heterocycles. The van der Waals surface area contributed by atoms with E-state index in [4.69, 9.17) is 9.40 Å². The van der Waals surface area contributed by atoms with Crippen LogP contribution >= 0.6 is 0 Å². The highest BCUT2D eigenvalue weighted by atomic mass is 16.3. The monoisotopic (exact) mass is 470 g/mol. The molecule has 0 aliphatic rings. The molecule has 3 nitrogen and oxygen atoms in total. The largest absolute Gasteiger partial charge is 0.464 e. The highest BCUT2D eigenvalue weighted by Crippen LogP contribution is 2.37. The fourth-order valence-electron chi connectivity index (χ4n) is 5.44. The maximum absolute atomic E-state index is 6.08. The number of imidazole rings is 1. The van der Waals surface area contributed by atoms with Gasteiger partial charge in [-0.25, -0.2) is 4.98 Å². The van der Waals surface area contributed by atoms with E-state index < -0.39 is 0 Å². The molecular weight excluding hydrogens is 440 g/mol. The van der Waals surface area contributed by atoms with Crippen molar-refractivity contribution in [2.24, 2.45) is 5.92 Å². The average Bonchev–Trinajstić information content (AvgIpc) is 3.45. The van der Waals surface area contributed by atoms with E-state index in [1.165, 1.54) is 27.8 Å². The Morgan fingerprint density at radius 1 is 0.833 bits per heavy atom. The Morgan fingerprint density at radius 2 is 1.56 bits per heavy atom. The molecule has 36 heavy (non-hydrogen) atoms. The Balaban J connectivity index is 1.55. The van der Waals surface area contributed by atoms with E-state index in [2.05, 4.69) is 111 Å². The second-order valence-electron chi connectivity index (χ2n) is 10.2. The highest BCUT2D eigenvalue weighted by molar-refractivity contribution is 5.95. The van der Waals surface area contributed by atoms with Gasteiger partial charge in [0.2, 0.25) is 0 Å². The van der Waals surface area contributed by atoms with Crippen LogP contribution in [0.15, 0.2) is 95.6 Å². The van der Waals surface area contributed by atoms with E-state index in [-0.39, 0.29) is 0 Å². The minimum Gasteiger partial charge on any atom is -0.464 e. The lowest BCUT2D eigenvalue weighted by molar-refractivity contribution is 0.613. The smallest absolute Gasteiger partial charge is 0.149 e. The van der Waals surface area contributed by atoms with E-state index in [1.54, 1.807) is 0 Å². The first kappa shape index (κ1) is 22.4. The van der Waals surface area contributed by atoms with E-state index in [9.17, 15) is 0 Å². The molecule has 0 unspecified atom stereocenters. The van der Waals surface area contributed by atoms with Gasteiger partial charge in [-0.3, -0.25) is 4.57 Å². The molecule has 0 saturated heterocycles. The van der Waals surface area contributed by atoms with Gasteiger partial charge in [0.1, 0.15) is 17.7 Å². The van der Waals surface area contributed by atoms with Crippen molar-refractivity contribution in [2.45, 2.75) is 34.1 Å². The summed E-state index contributed by atoms with van der Waals surface area (Å²) in [6.45, 7) is 8.88. The van der Waals surface area contributed by atoms with Crippen LogP contribution in [0.4, 0.5) is 0 Å². The Morgan fingerprint density at radius 3 is 2.31 bits per heavy atom. The molecular formula is C33H30N2O. The number of hydrogen-bond acceptors (Lipinski definition) is 2. The van der Waals surface area contributed by atoms with Crippen LogP contribution in [0.5, 0.6) is 0 Å². The third-order valence-electron chi connectivity index (χ3n) is 6.92. The van der Waals surface area contributed by atoms with Gasteiger partial charge in [-0.2, -0.15) is 0 Å². The predicted molar refractivity (Wildman–Crippen MR) is 150 cm³/mol. The van der Waals surface area contributed by atoms with Crippen LogP contribution in [0.1, 0.15) is 30.5 Å². The first-order valence-electron chi connectivity index (χ1n) is 12.6. The van der Waals surface area contributed by atoms with Crippen molar-refractivity contribution in [1.29, 1.82) is 0 Å². The minimum absolute atomic E-state index is 0.603. The first-order chi connectivity index (χ1) is 17.5. The Bertz CT molecular complexity index is 1680. The summed E-state index contributed by atoms with van der Waals surface area (Å²) >= 11 is 0. The summed E-state index contributed by atoms with van der Waals surface area (Å²) in [6.07, 6.45) is 2.90. The molecule has 0 amide bonds. The van der Waals surface area contributed by atoms with Crippen molar-refractivity contribution in [3.8, 4) is 28.2 Å². The molecule has 178 valence electrons. The molecule has 0 bridgehead atoms. The lowest BCUT2D eigenvalue weighted by Gasteiger charge is -2.16. The number of fused-ring (bicyclic) bond motifs is 2. The van der Waals surface area contributed by atoms with Crippen molar-refractivity contribution in [3.63, 3.8) is 0 Å². The zero-order chi connectivity index (χ0) is 24.8. The number of furan rings is 1. The molecule has 0 aliphatic carbocycles. The first-order valence-corrected chi connectivity index (χ1v) is 12.6. The summed E-state index contributed by atoms with van der Waals surface area (Å²) in [5, 5.41) is 1.09. The van der Waals surface area contributed by atoms with Crippen molar-refractivity contribution in [3.05, 3.63) is 108 Å². The van der Waals surface area contributed by atoms with E-state index >= 15 is 0 Å². The van der Waals surface area contributed by atoms with Gasteiger partial charge in [-0.15, -0.1) is 0 Å². The van der Waals surface area contributed by atoms with Crippen LogP contribution in [0.3, 0.4) is 0 Å². The Kier molecular flexibility index (Phi) is 5.49. The van der Waals surface area contributed by atoms with Crippen LogP contribution in [-0.4, -0.2) is 9.55 Å². The summed E-state index contributed by atoms with van der Waals surface area (Å²) in [5.41, 5.74) is 11.4. The summed E-state index contributed by atoms with van der Waals surface area (Å²) in [7, 11) is 0. The molecule has 6 rings (SSSR count). The maximum atomic E-state index is 6.08. The van der Waals surface area contributed by atoms with Gasteiger partial charge in [0.15, 0.2) is 0 Å². The molecule has 0 fully saturated rings. The zero-order valence-corrected chi connectivity index (χ0v) is 21.2. The highest BCUT2D eigenvalue weighted by Gasteiger charge is 2.20. The standard InChI is InChI=1S/C33H30N2O/c1-21(2)16-24-14-15-27-28(20-36-31(27)19-24)33-34-29-12-8-9-13-30(29)35(33)26-17-22(3)32(23(4)18-26)25-10-6-5-7-11-25/h5-15,17-21H,16H2,1-4H3. The third kappa shape index (κ3) is 3.81. The predicted octanol–water partition coefficient (Wildman–Crippen LogP) is 8.92. The fourth-order valence-corrected chi connectivity index (χ4v) is 5.44. The molecule has 6 aromatic rings. The lowest BCUT2D eigenvalue weighted by atomic mass is 9.95. The number of hydrogen-bond donors (Lipinski definition) is 0. The molecule has 3 heteroatoms. The van der Waals surface area contributed by atoms with Gasteiger partial charge in [0.25, 0.3) is 0 Å². The Hall–Kier alpha value is -4.11. The molecule has 0 aliphatic heterocycles. The number of nitrogens with zero attached hydrogens (tertiary/aromatic N) is 2. The van der Waals surface area contributed by atoms with Gasteiger partial charge in [0.05, 0.1) is 16.6 Å². The molecule has 0 saturated carbocycles. The summed E-state index contributed by atoms with van der Waals surface area (Å²) in [5.74, 6) is 1.50. The van der Waals surface area contributed by atoms with Crippen molar-refractivity contribution in [2.75, 3.05) is 0 Å². The van der Waals surface area contributed by atoms with Gasteiger partial charge in [-0.1, -0.05) is 68.4 Å². The quantitative estimate of drug-likeness (QED) is 0.252. The number of rotatable bonds is 5. The van der Waals surface area contributed by atoms with Gasteiger partial charge < -0.3 is 4.42 Å². The average molecular weight is 471 g/mol.